The Morgan fingerprint density at radius 1 is 1.00 bits per heavy atom. The zero-order valence-corrected chi connectivity index (χ0v) is 18.3. The molecular weight excluding hydrogens is 412 g/mol. The number of allylic oxidation sites excluding steroid dienone is 1. The number of benzene rings is 1. The highest BCUT2D eigenvalue weighted by molar-refractivity contribution is 5.85. The Labute approximate surface area is 191 Å². The van der Waals surface area contributed by atoms with Crippen LogP contribution >= 0.6 is 0 Å². The lowest BCUT2D eigenvalue weighted by Gasteiger charge is -2.29. The van der Waals surface area contributed by atoms with Gasteiger partial charge in [-0.3, -0.25) is 14.8 Å². The van der Waals surface area contributed by atoms with Crippen molar-refractivity contribution in [1.29, 1.82) is 0 Å². The highest BCUT2D eigenvalue weighted by atomic mass is 16.5. The number of anilines is 1. The van der Waals surface area contributed by atoms with Crippen molar-refractivity contribution in [3.63, 3.8) is 0 Å². The summed E-state index contributed by atoms with van der Waals surface area (Å²) in [5, 5.41) is 1.08. The maximum atomic E-state index is 13.0. The predicted molar refractivity (Wildman–Crippen MR) is 130 cm³/mol. The summed E-state index contributed by atoms with van der Waals surface area (Å²) in [6, 6.07) is 16.1. The third-order valence-corrected chi connectivity index (χ3v) is 6.45. The van der Waals surface area contributed by atoms with Crippen molar-refractivity contribution in [2.45, 2.75) is 13.0 Å². The van der Waals surface area contributed by atoms with Crippen LogP contribution in [-0.4, -0.2) is 40.8 Å². The Kier molecular flexibility index (Phi) is 5.00. The number of hydrogen-bond acceptors (Lipinski definition) is 5. The van der Waals surface area contributed by atoms with Crippen molar-refractivity contribution in [2.24, 2.45) is 0 Å². The molecule has 4 aromatic rings. The lowest BCUT2D eigenvalue weighted by molar-refractivity contribution is 0.122. The van der Waals surface area contributed by atoms with Crippen molar-refractivity contribution in [3.05, 3.63) is 106 Å². The number of fused-ring (bicyclic) bond motifs is 2. The molecule has 1 fully saturated rings. The molecule has 2 aliphatic rings. The van der Waals surface area contributed by atoms with Gasteiger partial charge in [0.15, 0.2) is 0 Å². The van der Waals surface area contributed by atoms with E-state index in [-0.39, 0.29) is 5.56 Å². The van der Waals surface area contributed by atoms with Gasteiger partial charge in [0.05, 0.1) is 42.9 Å². The number of pyridine rings is 3. The first-order valence-corrected chi connectivity index (χ1v) is 11.3. The van der Waals surface area contributed by atoms with Gasteiger partial charge >= 0.3 is 0 Å². The Bertz CT molecular complexity index is 1430. The van der Waals surface area contributed by atoms with Crippen molar-refractivity contribution in [2.75, 3.05) is 31.2 Å². The molecule has 4 heterocycles. The zero-order valence-electron chi connectivity index (χ0n) is 18.3. The van der Waals surface area contributed by atoms with Crippen LogP contribution in [0.3, 0.4) is 0 Å². The minimum atomic E-state index is -0.00886. The minimum absolute atomic E-state index is 0.00886. The number of morpholine rings is 1. The van der Waals surface area contributed by atoms with Crippen LogP contribution in [0.25, 0.3) is 16.5 Å². The van der Waals surface area contributed by atoms with Crippen molar-refractivity contribution in [1.82, 2.24) is 14.5 Å². The molecule has 33 heavy (non-hydrogen) atoms. The summed E-state index contributed by atoms with van der Waals surface area (Å²) >= 11 is 0. The Balaban J connectivity index is 1.27. The Hall–Kier alpha value is -3.77. The van der Waals surface area contributed by atoms with Gasteiger partial charge in [0, 0.05) is 48.9 Å². The van der Waals surface area contributed by atoms with Crippen molar-refractivity contribution < 1.29 is 4.74 Å². The molecule has 0 amide bonds. The Morgan fingerprint density at radius 2 is 1.91 bits per heavy atom. The summed E-state index contributed by atoms with van der Waals surface area (Å²) in [6.45, 7) is 3.76. The average molecular weight is 437 g/mol. The minimum Gasteiger partial charge on any atom is -0.378 e. The van der Waals surface area contributed by atoms with E-state index in [1.807, 2.05) is 42.7 Å². The first kappa shape index (κ1) is 19.9. The topological polar surface area (TPSA) is 60.3 Å². The van der Waals surface area contributed by atoms with E-state index in [0.717, 1.165) is 77.3 Å². The normalized spacial score (nSPS) is 15.5. The van der Waals surface area contributed by atoms with E-state index < -0.39 is 0 Å². The van der Waals surface area contributed by atoms with Crippen LogP contribution in [0.4, 0.5) is 5.69 Å². The molecule has 3 aromatic heterocycles. The van der Waals surface area contributed by atoms with E-state index in [1.54, 1.807) is 16.8 Å². The first-order chi connectivity index (χ1) is 16.2. The maximum absolute atomic E-state index is 13.0. The number of ether oxygens (including phenoxy) is 1. The molecule has 0 spiro atoms. The molecule has 1 aliphatic heterocycles. The SMILES string of the molecule is O=c1cc(C2=CCc3ncc(N4CCOCC4)cc32)ccn1Cc1ccc2ncccc2c1. The number of nitrogens with zero attached hydrogens (tertiary/aromatic N) is 4. The van der Waals surface area contributed by atoms with E-state index in [0.29, 0.717) is 6.54 Å². The monoisotopic (exact) mass is 436 g/mol. The van der Waals surface area contributed by atoms with E-state index in [2.05, 4.69) is 28.1 Å². The summed E-state index contributed by atoms with van der Waals surface area (Å²) in [5.74, 6) is 0. The van der Waals surface area contributed by atoms with Gasteiger partial charge in [0.25, 0.3) is 5.56 Å². The van der Waals surface area contributed by atoms with Gasteiger partial charge in [-0.2, -0.15) is 0 Å². The molecule has 0 radical (unpaired) electrons. The second kappa shape index (κ2) is 8.30. The van der Waals surface area contributed by atoms with Gasteiger partial charge < -0.3 is 14.2 Å². The van der Waals surface area contributed by atoms with Gasteiger partial charge in [-0.25, -0.2) is 0 Å². The van der Waals surface area contributed by atoms with Gasteiger partial charge in [-0.1, -0.05) is 18.2 Å². The van der Waals surface area contributed by atoms with Crippen molar-refractivity contribution in [3.8, 4) is 0 Å². The molecule has 6 rings (SSSR count). The van der Waals surface area contributed by atoms with E-state index in [9.17, 15) is 4.79 Å². The summed E-state index contributed by atoms with van der Waals surface area (Å²) < 4.78 is 7.23. The fourth-order valence-electron chi connectivity index (χ4n) is 4.68. The van der Waals surface area contributed by atoms with Crippen LogP contribution in [0.2, 0.25) is 0 Å². The number of hydrogen-bond donors (Lipinski definition) is 0. The molecule has 0 unspecified atom stereocenters. The maximum Gasteiger partial charge on any atom is 0.251 e. The van der Waals surface area contributed by atoms with Crippen molar-refractivity contribution >= 4 is 22.2 Å². The van der Waals surface area contributed by atoms with Gasteiger partial charge in [-0.05, 0) is 47.0 Å². The largest absolute Gasteiger partial charge is 0.378 e. The predicted octanol–water partition coefficient (Wildman–Crippen LogP) is 3.66. The summed E-state index contributed by atoms with van der Waals surface area (Å²) in [4.78, 5) is 24.4. The van der Waals surface area contributed by atoms with Crippen LogP contribution in [0.15, 0.2) is 78.0 Å². The molecule has 6 heteroatoms. The highest BCUT2D eigenvalue weighted by Gasteiger charge is 2.20. The second-order valence-corrected chi connectivity index (χ2v) is 8.52. The summed E-state index contributed by atoms with van der Waals surface area (Å²) in [5.41, 5.74) is 7.37. The molecule has 1 saturated heterocycles. The number of aromatic nitrogens is 3. The van der Waals surface area contributed by atoms with E-state index >= 15 is 0 Å². The van der Waals surface area contributed by atoms with Crippen LogP contribution in [0.1, 0.15) is 22.4 Å². The fourth-order valence-corrected chi connectivity index (χ4v) is 4.68. The molecular formula is C27H24N4O2. The molecule has 0 atom stereocenters. The smallest absolute Gasteiger partial charge is 0.251 e. The quantitative estimate of drug-likeness (QED) is 0.489. The molecule has 0 N–H and O–H groups in total. The zero-order chi connectivity index (χ0) is 22.2. The molecule has 1 aromatic carbocycles. The highest BCUT2D eigenvalue weighted by Crippen LogP contribution is 2.33. The van der Waals surface area contributed by atoms with E-state index in [4.69, 9.17) is 9.72 Å². The molecule has 6 nitrogen and oxygen atoms in total. The van der Waals surface area contributed by atoms with Crippen LogP contribution < -0.4 is 10.5 Å². The fraction of sp³-hybridized carbons (Fsp3) is 0.222. The van der Waals surface area contributed by atoms with Crippen LogP contribution in [0.5, 0.6) is 0 Å². The standard InChI is InChI=1S/C27H24N4O2/c32-27-15-20(7-9-31(27)18-19-3-5-25-21(14-19)2-1-8-28-25)23-4-6-26-24(23)16-22(17-29-26)30-10-12-33-13-11-30/h1-5,7-9,14-17H,6,10-13,18H2. The molecule has 0 saturated carbocycles. The third-order valence-electron chi connectivity index (χ3n) is 6.45. The Morgan fingerprint density at radius 3 is 2.79 bits per heavy atom. The summed E-state index contributed by atoms with van der Waals surface area (Å²) in [6.07, 6.45) is 8.61. The molecule has 164 valence electrons. The lowest BCUT2D eigenvalue weighted by Crippen LogP contribution is -2.36. The van der Waals surface area contributed by atoms with Crippen LogP contribution in [-0.2, 0) is 17.7 Å². The third kappa shape index (κ3) is 3.83. The summed E-state index contributed by atoms with van der Waals surface area (Å²) in [7, 11) is 0. The number of rotatable bonds is 4. The lowest BCUT2D eigenvalue weighted by atomic mass is 10.0. The second-order valence-electron chi connectivity index (χ2n) is 8.52. The van der Waals surface area contributed by atoms with Crippen LogP contribution in [0, 0.1) is 0 Å². The van der Waals surface area contributed by atoms with Gasteiger partial charge in [0.2, 0.25) is 0 Å². The average Bonchev–Trinajstić information content (AvgIpc) is 3.29. The molecule has 0 bridgehead atoms. The van der Waals surface area contributed by atoms with E-state index in [1.165, 1.54) is 0 Å². The van der Waals surface area contributed by atoms with Gasteiger partial charge in [0.1, 0.15) is 0 Å². The molecule has 1 aliphatic carbocycles. The first-order valence-electron chi connectivity index (χ1n) is 11.3. The van der Waals surface area contributed by atoms with Gasteiger partial charge in [-0.15, -0.1) is 0 Å².